The molecule has 7 heteroatoms. The number of rotatable bonds is 4. The maximum absolute atomic E-state index is 12.8. The summed E-state index contributed by atoms with van der Waals surface area (Å²) in [6.07, 6.45) is 8.85. The second-order valence-electron chi connectivity index (χ2n) is 8.80. The molecule has 29 heavy (non-hydrogen) atoms. The number of ketones is 1. The van der Waals surface area contributed by atoms with Crippen LogP contribution in [0.3, 0.4) is 0 Å². The minimum Gasteiger partial charge on any atom is -0.353 e. The van der Waals surface area contributed by atoms with Crippen molar-refractivity contribution in [2.75, 3.05) is 36.4 Å². The third-order valence-electron chi connectivity index (χ3n) is 6.59. The molecule has 3 aliphatic rings. The fourth-order valence-electron chi connectivity index (χ4n) is 4.81. The summed E-state index contributed by atoms with van der Waals surface area (Å²) in [7, 11) is 0. The number of Topliss-reactive ketones (excluding diaryl/α,β-unsaturated/α-hetero) is 1. The number of aromatic nitrogens is 2. The van der Waals surface area contributed by atoms with E-state index >= 15 is 0 Å². The average molecular weight is 400 g/mol. The lowest BCUT2D eigenvalue weighted by Crippen LogP contribution is -2.51. The summed E-state index contributed by atoms with van der Waals surface area (Å²) >= 11 is 0. The van der Waals surface area contributed by atoms with E-state index in [9.17, 15) is 9.59 Å². The van der Waals surface area contributed by atoms with E-state index in [1.54, 1.807) is 0 Å². The molecule has 0 atom stereocenters. The van der Waals surface area contributed by atoms with Gasteiger partial charge in [0.1, 0.15) is 11.6 Å². The molecule has 3 fully saturated rings. The molecule has 2 heterocycles. The van der Waals surface area contributed by atoms with Crippen molar-refractivity contribution >= 4 is 23.5 Å². The normalized spacial score (nSPS) is 22.0. The topological polar surface area (TPSA) is 78.4 Å². The third-order valence-corrected chi connectivity index (χ3v) is 6.59. The Morgan fingerprint density at radius 2 is 1.69 bits per heavy atom. The van der Waals surface area contributed by atoms with Gasteiger partial charge >= 0.3 is 0 Å². The van der Waals surface area contributed by atoms with Crippen molar-refractivity contribution in [1.82, 2.24) is 14.9 Å². The number of carbonyl (C=O) groups excluding carboxylic acids is 2. The van der Waals surface area contributed by atoms with Crippen LogP contribution in [0.2, 0.25) is 0 Å². The van der Waals surface area contributed by atoms with Gasteiger partial charge in [-0.3, -0.25) is 9.59 Å². The third kappa shape index (κ3) is 5.06. The summed E-state index contributed by atoms with van der Waals surface area (Å²) in [6.45, 7) is 5.03. The molecule has 0 radical (unpaired) electrons. The standard InChI is InChI=1S/C22H33N5O2/c1-16-15-20(25-22(23-16)24-18-5-3-2-4-6-18)26-11-13-27(14-12-26)21(29)17-7-9-19(28)10-8-17/h15,17-18H,2-14H2,1H3,(H,23,24,25). The van der Waals surface area contributed by atoms with Gasteiger partial charge < -0.3 is 15.1 Å². The molecule has 1 amide bonds. The van der Waals surface area contributed by atoms with Crippen LogP contribution in [0, 0.1) is 12.8 Å². The molecule has 1 aromatic heterocycles. The van der Waals surface area contributed by atoms with E-state index in [0.29, 0.717) is 24.7 Å². The highest BCUT2D eigenvalue weighted by Gasteiger charge is 2.30. The molecule has 1 aromatic rings. The molecule has 0 bridgehead atoms. The zero-order valence-electron chi connectivity index (χ0n) is 17.5. The Balaban J connectivity index is 1.34. The zero-order valence-corrected chi connectivity index (χ0v) is 17.5. The summed E-state index contributed by atoms with van der Waals surface area (Å²) < 4.78 is 0. The van der Waals surface area contributed by atoms with Crippen LogP contribution in [-0.4, -0.2) is 58.8 Å². The molecule has 0 unspecified atom stereocenters. The highest BCUT2D eigenvalue weighted by molar-refractivity contribution is 5.84. The van der Waals surface area contributed by atoms with Gasteiger partial charge in [0, 0.05) is 62.7 Å². The monoisotopic (exact) mass is 399 g/mol. The first-order valence-electron chi connectivity index (χ1n) is 11.3. The summed E-state index contributed by atoms with van der Waals surface area (Å²) in [5, 5.41) is 3.53. The van der Waals surface area contributed by atoms with Gasteiger partial charge in [-0.1, -0.05) is 19.3 Å². The van der Waals surface area contributed by atoms with Gasteiger partial charge in [-0.2, -0.15) is 4.98 Å². The number of nitrogens with zero attached hydrogens (tertiary/aromatic N) is 4. The largest absolute Gasteiger partial charge is 0.353 e. The maximum atomic E-state index is 12.8. The number of hydrogen-bond donors (Lipinski definition) is 1. The van der Waals surface area contributed by atoms with Crippen molar-refractivity contribution in [3.05, 3.63) is 11.8 Å². The summed E-state index contributed by atoms with van der Waals surface area (Å²) in [6, 6.07) is 2.52. The molecule has 2 saturated carbocycles. The quantitative estimate of drug-likeness (QED) is 0.839. The van der Waals surface area contributed by atoms with Crippen molar-refractivity contribution in [3.8, 4) is 0 Å². The number of piperazine rings is 1. The van der Waals surface area contributed by atoms with E-state index in [4.69, 9.17) is 4.98 Å². The lowest BCUT2D eigenvalue weighted by atomic mass is 9.87. The molecule has 158 valence electrons. The summed E-state index contributed by atoms with van der Waals surface area (Å²) in [5.41, 5.74) is 0.971. The Morgan fingerprint density at radius 3 is 2.38 bits per heavy atom. The molecule has 0 spiro atoms. The number of hydrogen-bond acceptors (Lipinski definition) is 6. The van der Waals surface area contributed by atoms with Crippen molar-refractivity contribution in [3.63, 3.8) is 0 Å². The lowest BCUT2D eigenvalue weighted by Gasteiger charge is -2.37. The molecular weight excluding hydrogens is 366 g/mol. The molecule has 0 aromatic carbocycles. The Hall–Kier alpha value is -2.18. The van der Waals surface area contributed by atoms with Gasteiger partial charge in [0.2, 0.25) is 11.9 Å². The van der Waals surface area contributed by atoms with Gasteiger partial charge in [0.05, 0.1) is 0 Å². The maximum Gasteiger partial charge on any atom is 0.225 e. The first kappa shape index (κ1) is 20.1. The van der Waals surface area contributed by atoms with Gasteiger partial charge in [0.25, 0.3) is 0 Å². The second-order valence-corrected chi connectivity index (χ2v) is 8.80. The SMILES string of the molecule is Cc1cc(N2CCN(C(=O)C3CCC(=O)CC3)CC2)nc(NC2CCCCC2)n1. The Kier molecular flexibility index (Phi) is 6.31. The van der Waals surface area contributed by atoms with E-state index in [1.165, 1.54) is 32.1 Å². The molecule has 1 saturated heterocycles. The number of aryl methyl sites for hydroxylation is 1. The van der Waals surface area contributed by atoms with Crippen molar-refractivity contribution in [2.45, 2.75) is 70.8 Å². The fraction of sp³-hybridized carbons (Fsp3) is 0.727. The van der Waals surface area contributed by atoms with Gasteiger partial charge in [-0.15, -0.1) is 0 Å². The van der Waals surface area contributed by atoms with Crippen LogP contribution >= 0.6 is 0 Å². The number of nitrogens with one attached hydrogen (secondary N) is 1. The summed E-state index contributed by atoms with van der Waals surface area (Å²) in [4.78, 5) is 37.8. The van der Waals surface area contributed by atoms with Crippen LogP contribution in [0.5, 0.6) is 0 Å². The highest BCUT2D eigenvalue weighted by atomic mass is 16.2. The predicted molar refractivity (Wildman–Crippen MR) is 113 cm³/mol. The molecule has 1 N–H and O–H groups in total. The minimum atomic E-state index is 0.0341. The van der Waals surface area contributed by atoms with Crippen LogP contribution in [0.1, 0.15) is 63.5 Å². The summed E-state index contributed by atoms with van der Waals surface area (Å²) in [5.74, 6) is 2.25. The van der Waals surface area contributed by atoms with E-state index in [1.807, 2.05) is 17.9 Å². The van der Waals surface area contributed by atoms with Crippen LogP contribution in [0.25, 0.3) is 0 Å². The molecular formula is C22H33N5O2. The number of amides is 1. The second kappa shape index (κ2) is 9.09. The fourth-order valence-corrected chi connectivity index (χ4v) is 4.81. The number of carbonyl (C=O) groups is 2. The van der Waals surface area contributed by atoms with E-state index in [2.05, 4.69) is 15.2 Å². The van der Waals surface area contributed by atoms with Crippen molar-refractivity contribution < 1.29 is 9.59 Å². The molecule has 2 aliphatic carbocycles. The first-order chi connectivity index (χ1) is 14.1. The average Bonchev–Trinajstić information content (AvgIpc) is 2.74. The minimum absolute atomic E-state index is 0.0341. The van der Waals surface area contributed by atoms with Gasteiger partial charge in [-0.25, -0.2) is 4.98 Å². The Bertz CT molecular complexity index is 729. The highest BCUT2D eigenvalue weighted by Crippen LogP contribution is 2.25. The van der Waals surface area contributed by atoms with Crippen LogP contribution in [0.4, 0.5) is 11.8 Å². The Morgan fingerprint density at radius 1 is 1.00 bits per heavy atom. The van der Waals surface area contributed by atoms with Crippen LogP contribution in [0.15, 0.2) is 6.07 Å². The van der Waals surface area contributed by atoms with Gasteiger partial charge in [-0.05, 0) is 32.6 Å². The first-order valence-corrected chi connectivity index (χ1v) is 11.3. The Labute approximate surface area is 173 Å². The number of anilines is 2. The van der Waals surface area contributed by atoms with Crippen LogP contribution in [-0.2, 0) is 9.59 Å². The predicted octanol–water partition coefficient (Wildman–Crippen LogP) is 2.94. The van der Waals surface area contributed by atoms with Gasteiger partial charge in [0.15, 0.2) is 0 Å². The van der Waals surface area contributed by atoms with E-state index in [-0.39, 0.29) is 11.8 Å². The van der Waals surface area contributed by atoms with E-state index < -0.39 is 0 Å². The zero-order chi connectivity index (χ0) is 20.2. The lowest BCUT2D eigenvalue weighted by molar-refractivity contribution is -0.137. The molecule has 4 rings (SSSR count). The molecule has 1 aliphatic heterocycles. The molecule has 7 nitrogen and oxygen atoms in total. The van der Waals surface area contributed by atoms with Crippen LogP contribution < -0.4 is 10.2 Å². The smallest absolute Gasteiger partial charge is 0.225 e. The van der Waals surface area contributed by atoms with E-state index in [0.717, 1.165) is 56.5 Å². The van der Waals surface area contributed by atoms with Crippen molar-refractivity contribution in [1.29, 1.82) is 0 Å². The van der Waals surface area contributed by atoms with Crippen molar-refractivity contribution in [2.24, 2.45) is 5.92 Å².